The Bertz CT molecular complexity index is 756. The van der Waals surface area contributed by atoms with Gasteiger partial charge in [-0.25, -0.2) is 4.57 Å². The lowest BCUT2D eigenvalue weighted by Crippen LogP contribution is -2.29. The molecule has 0 aromatic rings. The molecule has 0 radical (unpaired) electrons. The predicted octanol–water partition coefficient (Wildman–Crippen LogP) is 12.1. The summed E-state index contributed by atoms with van der Waals surface area (Å²) in [5.41, 5.74) is 0. The number of carbonyl (C=O) groups is 2. The summed E-state index contributed by atoms with van der Waals surface area (Å²) < 4.78 is 26.2. The van der Waals surface area contributed by atoms with Crippen molar-refractivity contribution in [2.75, 3.05) is 13.2 Å². The van der Waals surface area contributed by atoms with E-state index in [4.69, 9.17) is 19.3 Å². The van der Waals surface area contributed by atoms with Gasteiger partial charge in [0.1, 0.15) is 6.61 Å². The molecular formula is C39H77O8P. The van der Waals surface area contributed by atoms with Crippen LogP contribution in [0.15, 0.2) is 0 Å². The van der Waals surface area contributed by atoms with Crippen molar-refractivity contribution in [3.63, 3.8) is 0 Å². The van der Waals surface area contributed by atoms with Crippen LogP contribution in [0.4, 0.5) is 0 Å². The van der Waals surface area contributed by atoms with Crippen molar-refractivity contribution in [3.8, 4) is 0 Å². The third kappa shape index (κ3) is 37.9. The van der Waals surface area contributed by atoms with E-state index >= 15 is 0 Å². The maximum absolute atomic E-state index is 12.2. The molecule has 0 aromatic heterocycles. The molecule has 0 spiro atoms. The number of hydrogen-bond acceptors (Lipinski definition) is 6. The van der Waals surface area contributed by atoms with E-state index in [-0.39, 0.29) is 19.4 Å². The average Bonchev–Trinajstić information content (AvgIpc) is 3.05. The molecule has 0 heterocycles. The van der Waals surface area contributed by atoms with Crippen LogP contribution in [0.5, 0.6) is 0 Å². The zero-order valence-electron chi connectivity index (χ0n) is 31.4. The van der Waals surface area contributed by atoms with E-state index in [9.17, 15) is 14.2 Å². The highest BCUT2D eigenvalue weighted by Gasteiger charge is 2.22. The van der Waals surface area contributed by atoms with E-state index in [0.29, 0.717) is 6.42 Å². The molecule has 0 bridgehead atoms. The monoisotopic (exact) mass is 705 g/mol. The molecule has 0 aliphatic heterocycles. The molecular weight excluding hydrogens is 627 g/mol. The lowest BCUT2D eigenvalue weighted by atomic mass is 10.0. The maximum atomic E-state index is 12.2. The van der Waals surface area contributed by atoms with Gasteiger partial charge in [0.15, 0.2) is 6.10 Å². The molecule has 1 atom stereocenters. The first-order chi connectivity index (χ1) is 23.3. The third-order valence-corrected chi connectivity index (χ3v) is 9.61. The molecule has 0 aliphatic rings. The van der Waals surface area contributed by atoms with Gasteiger partial charge in [-0.15, -0.1) is 0 Å². The Morgan fingerprint density at radius 2 is 0.750 bits per heavy atom. The van der Waals surface area contributed by atoms with Crippen LogP contribution in [-0.4, -0.2) is 41.0 Å². The number of hydrogen-bond donors (Lipinski definition) is 2. The summed E-state index contributed by atoms with van der Waals surface area (Å²) >= 11 is 0. The minimum Gasteiger partial charge on any atom is -0.462 e. The van der Waals surface area contributed by atoms with Crippen LogP contribution < -0.4 is 0 Å². The minimum absolute atomic E-state index is 0.216. The Labute approximate surface area is 295 Å². The third-order valence-electron chi connectivity index (χ3n) is 9.13. The maximum Gasteiger partial charge on any atom is 0.469 e. The summed E-state index contributed by atoms with van der Waals surface area (Å²) in [5.74, 6) is -0.878. The molecule has 9 heteroatoms. The Morgan fingerprint density at radius 3 is 1.06 bits per heavy atom. The molecule has 0 amide bonds. The molecule has 0 aromatic carbocycles. The van der Waals surface area contributed by atoms with Gasteiger partial charge >= 0.3 is 19.8 Å². The van der Waals surface area contributed by atoms with Gasteiger partial charge in [-0.1, -0.05) is 194 Å². The van der Waals surface area contributed by atoms with E-state index in [1.54, 1.807) is 0 Å². The number of rotatable bonds is 38. The summed E-state index contributed by atoms with van der Waals surface area (Å²) in [6.45, 7) is 3.65. The van der Waals surface area contributed by atoms with Crippen molar-refractivity contribution in [3.05, 3.63) is 0 Å². The van der Waals surface area contributed by atoms with Gasteiger partial charge in [-0.3, -0.25) is 14.1 Å². The van der Waals surface area contributed by atoms with Crippen LogP contribution >= 0.6 is 7.82 Å². The first-order valence-corrected chi connectivity index (χ1v) is 21.9. The molecule has 0 fully saturated rings. The number of esters is 2. The highest BCUT2D eigenvalue weighted by molar-refractivity contribution is 7.46. The summed E-state index contributed by atoms with van der Waals surface area (Å²) in [6.07, 6.45) is 37.2. The van der Waals surface area contributed by atoms with E-state index in [1.165, 1.54) is 148 Å². The second kappa shape index (κ2) is 35.9. The number of ether oxygens (including phenoxy) is 2. The Morgan fingerprint density at radius 1 is 0.458 bits per heavy atom. The molecule has 8 nitrogen and oxygen atoms in total. The molecule has 0 saturated carbocycles. The largest absolute Gasteiger partial charge is 0.469 e. The van der Waals surface area contributed by atoms with Crippen LogP contribution in [-0.2, 0) is 28.2 Å². The Balaban J connectivity index is 3.69. The van der Waals surface area contributed by atoms with E-state index in [0.717, 1.165) is 38.5 Å². The standard InChI is InChI=1S/C39H77O8P/c1-3-5-7-9-11-12-13-14-15-16-17-18-19-20-21-22-23-24-25-26-28-29-31-33-38(40)45-35-37(36-46-48(42,43)44)47-39(41)34-32-30-27-10-8-6-4-2/h37H,3-36H2,1-2H3,(H2,42,43,44)/t37-/m1/s1. The lowest BCUT2D eigenvalue weighted by Gasteiger charge is -2.18. The number of phosphoric ester groups is 1. The number of carbonyl (C=O) groups excluding carboxylic acids is 2. The fraction of sp³-hybridized carbons (Fsp3) is 0.949. The second-order valence-electron chi connectivity index (χ2n) is 14.0. The van der Waals surface area contributed by atoms with Crippen LogP contribution in [0.1, 0.15) is 219 Å². The topological polar surface area (TPSA) is 119 Å². The first kappa shape index (κ1) is 47.0. The predicted molar refractivity (Wildman–Crippen MR) is 198 cm³/mol. The second-order valence-corrected chi connectivity index (χ2v) is 15.2. The Hall–Kier alpha value is -0.950. The SMILES string of the molecule is CCCCCCCCCCCCCCCCCCCCCCCCCC(=O)OC[C@H](COP(=O)(O)O)OC(=O)CCCCCCCCC. The van der Waals surface area contributed by atoms with Crippen LogP contribution in [0.2, 0.25) is 0 Å². The fourth-order valence-electron chi connectivity index (χ4n) is 6.08. The molecule has 286 valence electrons. The quantitative estimate of drug-likeness (QED) is 0.0370. The van der Waals surface area contributed by atoms with Gasteiger partial charge in [0.25, 0.3) is 0 Å². The fourth-order valence-corrected chi connectivity index (χ4v) is 6.44. The van der Waals surface area contributed by atoms with Gasteiger partial charge in [-0.05, 0) is 12.8 Å². The normalized spacial score (nSPS) is 12.3. The number of unbranched alkanes of at least 4 members (excludes halogenated alkanes) is 28. The lowest BCUT2D eigenvalue weighted by molar-refractivity contribution is -0.161. The molecule has 0 rings (SSSR count). The van der Waals surface area contributed by atoms with Gasteiger partial charge in [0, 0.05) is 12.8 Å². The molecule has 0 saturated heterocycles. The van der Waals surface area contributed by atoms with E-state index in [2.05, 4.69) is 18.4 Å². The van der Waals surface area contributed by atoms with Crippen molar-refractivity contribution in [1.82, 2.24) is 0 Å². The first-order valence-electron chi connectivity index (χ1n) is 20.3. The highest BCUT2D eigenvalue weighted by Crippen LogP contribution is 2.36. The van der Waals surface area contributed by atoms with Gasteiger partial charge in [0.2, 0.25) is 0 Å². The average molecular weight is 705 g/mol. The van der Waals surface area contributed by atoms with Gasteiger partial charge in [0.05, 0.1) is 6.61 Å². The van der Waals surface area contributed by atoms with Crippen molar-refractivity contribution >= 4 is 19.8 Å². The molecule has 0 aliphatic carbocycles. The zero-order chi connectivity index (χ0) is 35.4. The zero-order valence-corrected chi connectivity index (χ0v) is 32.3. The minimum atomic E-state index is -4.73. The molecule has 0 unspecified atom stereocenters. The van der Waals surface area contributed by atoms with Gasteiger partial charge < -0.3 is 19.3 Å². The number of phosphoric acid groups is 1. The van der Waals surface area contributed by atoms with Crippen molar-refractivity contribution in [1.29, 1.82) is 0 Å². The summed E-state index contributed by atoms with van der Waals surface area (Å²) in [5, 5.41) is 0. The van der Waals surface area contributed by atoms with Crippen molar-refractivity contribution < 1.29 is 37.9 Å². The summed E-state index contributed by atoms with van der Waals surface area (Å²) in [7, 11) is -4.73. The summed E-state index contributed by atoms with van der Waals surface area (Å²) in [4.78, 5) is 42.5. The van der Waals surface area contributed by atoms with Crippen molar-refractivity contribution in [2.45, 2.75) is 225 Å². The van der Waals surface area contributed by atoms with Crippen LogP contribution in [0, 0.1) is 0 Å². The highest BCUT2D eigenvalue weighted by atomic mass is 31.2. The smallest absolute Gasteiger partial charge is 0.462 e. The Kier molecular flexibility index (Phi) is 35.2. The van der Waals surface area contributed by atoms with Crippen LogP contribution in [0.3, 0.4) is 0 Å². The van der Waals surface area contributed by atoms with E-state index < -0.39 is 32.5 Å². The molecule has 2 N–H and O–H groups in total. The van der Waals surface area contributed by atoms with E-state index in [1.807, 2.05) is 0 Å². The molecule has 48 heavy (non-hydrogen) atoms. The van der Waals surface area contributed by atoms with Crippen LogP contribution in [0.25, 0.3) is 0 Å². The van der Waals surface area contributed by atoms with Gasteiger partial charge in [-0.2, -0.15) is 0 Å². The van der Waals surface area contributed by atoms with Crippen molar-refractivity contribution in [2.24, 2.45) is 0 Å². The summed E-state index contributed by atoms with van der Waals surface area (Å²) in [6, 6.07) is 0.